The van der Waals surface area contributed by atoms with Crippen molar-refractivity contribution in [2.24, 2.45) is 0 Å². The summed E-state index contributed by atoms with van der Waals surface area (Å²) in [4.78, 5) is 0. The van der Waals surface area contributed by atoms with Crippen LogP contribution < -0.4 is 11.0 Å². The van der Waals surface area contributed by atoms with Crippen molar-refractivity contribution in [3.05, 3.63) is 84.9 Å². The number of benzene rings is 3. The minimum Gasteiger partial charge on any atom is -0.406 e. The third-order valence-corrected chi connectivity index (χ3v) is 3.14. The van der Waals surface area contributed by atoms with E-state index < -0.39 is 0 Å². The van der Waals surface area contributed by atoms with Gasteiger partial charge >= 0.3 is 0 Å². The Morgan fingerprint density at radius 1 is 0.762 bits per heavy atom. The first kappa shape index (κ1) is 17.6. The van der Waals surface area contributed by atoms with Crippen LogP contribution in [0.1, 0.15) is 0 Å². The van der Waals surface area contributed by atoms with Gasteiger partial charge in [-0.25, -0.2) is 0 Å². The molecule has 0 fully saturated rings. The van der Waals surface area contributed by atoms with Gasteiger partial charge in [0, 0.05) is 20.4 Å². The molecule has 0 aliphatic rings. The molecule has 0 heterocycles. The zero-order valence-corrected chi connectivity index (χ0v) is 14.2. The Hall–Kier alpha value is -1.45. The van der Waals surface area contributed by atoms with E-state index in [9.17, 15) is 0 Å². The van der Waals surface area contributed by atoms with Gasteiger partial charge in [-0.1, -0.05) is 54.1 Å². The number of para-hydroxylation sites is 1. The van der Waals surface area contributed by atoms with E-state index in [0.29, 0.717) is 0 Å². The summed E-state index contributed by atoms with van der Waals surface area (Å²) in [6.07, 6.45) is 0. The van der Waals surface area contributed by atoms with Crippen molar-refractivity contribution < 1.29 is 20.4 Å². The second-order valence-electron chi connectivity index (χ2n) is 4.27. The van der Waals surface area contributed by atoms with E-state index >= 15 is 0 Å². The van der Waals surface area contributed by atoms with Crippen molar-refractivity contribution >= 4 is 20.2 Å². The Kier molecular flexibility index (Phi) is 7.95. The second kappa shape index (κ2) is 9.48. The van der Waals surface area contributed by atoms with Gasteiger partial charge in [-0.15, -0.1) is 45.1 Å². The molecule has 1 atom stereocenters. The molecular weight excluding hydrogens is 368 g/mol. The Morgan fingerprint density at radius 2 is 1.38 bits per heavy atom. The number of rotatable bonds is 1. The summed E-state index contributed by atoms with van der Waals surface area (Å²) in [7, 11) is 2.63. The first-order valence-electron chi connectivity index (χ1n) is 6.39. The molecule has 0 aliphatic carbocycles. The molecule has 3 rings (SSSR count). The maximum atomic E-state index is 5.83. The molecule has 3 heteroatoms. The normalized spacial score (nSPS) is 9.00. The van der Waals surface area contributed by atoms with Gasteiger partial charge in [0.1, 0.15) is 0 Å². The van der Waals surface area contributed by atoms with Crippen molar-refractivity contribution in [2.45, 2.75) is 0 Å². The molecule has 0 amide bonds. The minimum atomic E-state index is 0. The van der Waals surface area contributed by atoms with Crippen molar-refractivity contribution in [3.63, 3.8) is 0 Å². The van der Waals surface area contributed by atoms with Gasteiger partial charge in [0.15, 0.2) is 0 Å². The van der Waals surface area contributed by atoms with E-state index in [0.717, 1.165) is 16.8 Å². The topological polar surface area (TPSA) is 26.0 Å². The standard InChI is InChI=1S/C12H10N.C6H7P.Pd/c13-12-9-5-4-8-11(12)10-6-2-1-3-7-10;7-6-4-2-1-3-5-6;/h1-6,8-9H,13H2;1-5H,7H2;/q-1;;. The Labute approximate surface area is 142 Å². The Morgan fingerprint density at radius 3 is 1.90 bits per heavy atom. The third kappa shape index (κ3) is 5.82. The number of hydrogen-bond acceptors (Lipinski definition) is 1. The van der Waals surface area contributed by atoms with Crippen LogP contribution in [0.5, 0.6) is 0 Å². The molecule has 110 valence electrons. The molecule has 3 aromatic carbocycles. The fraction of sp³-hybridized carbons (Fsp3) is 0. The largest absolute Gasteiger partial charge is 0.406 e. The maximum absolute atomic E-state index is 5.83. The van der Waals surface area contributed by atoms with Gasteiger partial charge in [0.05, 0.1) is 0 Å². The van der Waals surface area contributed by atoms with E-state index in [-0.39, 0.29) is 20.4 Å². The van der Waals surface area contributed by atoms with Crippen molar-refractivity contribution in [3.8, 4) is 11.1 Å². The molecule has 0 saturated heterocycles. The fourth-order valence-electron chi connectivity index (χ4n) is 1.76. The van der Waals surface area contributed by atoms with Gasteiger partial charge in [-0.3, -0.25) is 0 Å². The molecule has 0 spiro atoms. The predicted octanol–water partition coefficient (Wildman–Crippen LogP) is 3.92. The molecule has 0 bridgehead atoms. The van der Waals surface area contributed by atoms with Crippen LogP contribution in [0.4, 0.5) is 5.69 Å². The fourth-order valence-corrected chi connectivity index (χ4v) is 1.98. The third-order valence-electron chi connectivity index (χ3n) is 2.76. The van der Waals surface area contributed by atoms with Gasteiger partial charge in [0.25, 0.3) is 0 Å². The van der Waals surface area contributed by atoms with E-state index in [4.69, 9.17) is 5.73 Å². The smallest absolute Gasteiger partial charge is 0 e. The molecule has 0 aromatic heterocycles. The van der Waals surface area contributed by atoms with Crippen molar-refractivity contribution in [1.29, 1.82) is 0 Å². The van der Waals surface area contributed by atoms with Crippen LogP contribution in [0, 0.1) is 6.07 Å². The molecule has 0 radical (unpaired) electrons. The van der Waals surface area contributed by atoms with Gasteiger partial charge in [-0.05, 0) is 17.1 Å². The summed E-state index contributed by atoms with van der Waals surface area (Å²) < 4.78 is 0. The van der Waals surface area contributed by atoms with Gasteiger partial charge in [-0.2, -0.15) is 0 Å². The van der Waals surface area contributed by atoms with E-state index in [2.05, 4.69) is 15.3 Å². The predicted molar refractivity (Wildman–Crippen MR) is 90.9 cm³/mol. The van der Waals surface area contributed by atoms with E-state index in [1.807, 2.05) is 78.9 Å². The molecule has 1 nitrogen and oxygen atoms in total. The number of anilines is 1. The van der Waals surface area contributed by atoms with Crippen LogP contribution >= 0.6 is 9.24 Å². The van der Waals surface area contributed by atoms with Crippen LogP contribution in [0.2, 0.25) is 0 Å². The first-order valence-corrected chi connectivity index (χ1v) is 6.97. The molecule has 0 aliphatic heterocycles. The molecule has 0 saturated carbocycles. The van der Waals surface area contributed by atoms with Gasteiger partial charge in [0.2, 0.25) is 0 Å². The number of nitrogen functional groups attached to an aromatic ring is 1. The van der Waals surface area contributed by atoms with Crippen molar-refractivity contribution in [2.75, 3.05) is 5.73 Å². The molecular formula is C18H17NPPd-. The monoisotopic (exact) mass is 384 g/mol. The summed E-state index contributed by atoms with van der Waals surface area (Å²) >= 11 is 0. The van der Waals surface area contributed by atoms with Crippen molar-refractivity contribution in [1.82, 2.24) is 0 Å². The minimum absolute atomic E-state index is 0. The zero-order chi connectivity index (χ0) is 14.2. The zero-order valence-electron chi connectivity index (χ0n) is 11.5. The Balaban J connectivity index is 0.000000236. The van der Waals surface area contributed by atoms with Crippen LogP contribution in [0.3, 0.4) is 0 Å². The van der Waals surface area contributed by atoms with Crippen LogP contribution in [0.25, 0.3) is 11.1 Å². The van der Waals surface area contributed by atoms with Crippen LogP contribution in [-0.4, -0.2) is 0 Å². The molecule has 2 N–H and O–H groups in total. The summed E-state index contributed by atoms with van der Waals surface area (Å²) in [5.41, 5.74) is 8.72. The molecule has 1 unspecified atom stereocenters. The molecule has 3 aromatic rings. The number of hydrogen-bond donors (Lipinski definition) is 1. The van der Waals surface area contributed by atoms with E-state index in [1.54, 1.807) is 0 Å². The number of nitrogens with two attached hydrogens (primary N) is 1. The van der Waals surface area contributed by atoms with Gasteiger partial charge < -0.3 is 5.73 Å². The molecule has 21 heavy (non-hydrogen) atoms. The summed E-state index contributed by atoms with van der Waals surface area (Å²) in [6.45, 7) is 0. The second-order valence-corrected chi connectivity index (χ2v) is 4.94. The maximum Gasteiger partial charge on any atom is 0 e. The average molecular weight is 385 g/mol. The Bertz CT molecular complexity index is 642. The van der Waals surface area contributed by atoms with E-state index in [1.165, 1.54) is 5.30 Å². The summed E-state index contributed by atoms with van der Waals surface area (Å²) in [5.74, 6) is 0. The quantitative estimate of drug-likeness (QED) is 0.293. The summed E-state index contributed by atoms with van der Waals surface area (Å²) in [5, 5.41) is 1.24. The summed E-state index contributed by atoms with van der Waals surface area (Å²) in [6, 6.07) is 28.9. The SMILES string of the molecule is Nc1ccccc1-c1[c-]cccc1.Pc1ccccc1.[Pd]. The van der Waals surface area contributed by atoms with Crippen LogP contribution in [0.15, 0.2) is 78.9 Å². The van der Waals surface area contributed by atoms with Crippen LogP contribution in [-0.2, 0) is 20.4 Å². The first-order chi connectivity index (χ1) is 9.77. The average Bonchev–Trinajstić information content (AvgIpc) is 2.50.